The molecule has 0 spiro atoms. The molecule has 1 aromatic heterocycles. The van der Waals surface area contributed by atoms with Gasteiger partial charge in [0.05, 0.1) is 10.5 Å². The molecule has 2 saturated carbocycles. The Morgan fingerprint density at radius 2 is 2.10 bits per heavy atom. The Morgan fingerprint density at radius 1 is 1.33 bits per heavy atom. The molecule has 4 heteroatoms. The molecule has 2 N–H and O–H groups in total. The lowest BCUT2D eigenvalue weighted by molar-refractivity contribution is 0.387. The molecule has 2 aliphatic carbocycles. The summed E-state index contributed by atoms with van der Waals surface area (Å²) in [6, 6.07) is 6.59. The average Bonchev–Trinajstić information content (AvgIpc) is 2.87. The maximum absolute atomic E-state index is 6.29. The maximum Gasteiger partial charge on any atom is 0.0938 e. The van der Waals surface area contributed by atoms with Gasteiger partial charge in [0.1, 0.15) is 0 Å². The predicted octanol–water partition coefficient (Wildman–Crippen LogP) is 3.78. The van der Waals surface area contributed by atoms with E-state index in [1.165, 1.54) is 12.8 Å². The van der Waals surface area contributed by atoms with Crippen LogP contribution in [0.15, 0.2) is 18.2 Å². The lowest BCUT2D eigenvalue weighted by Crippen LogP contribution is -2.31. The van der Waals surface area contributed by atoms with Gasteiger partial charge < -0.3 is 5.32 Å². The first-order valence-electron chi connectivity index (χ1n) is 7.92. The van der Waals surface area contributed by atoms with E-state index in [1.807, 2.05) is 18.2 Å². The zero-order chi connectivity index (χ0) is 14.6. The third kappa shape index (κ3) is 2.18. The number of aromatic amines is 1. The van der Waals surface area contributed by atoms with Crippen molar-refractivity contribution in [2.45, 2.75) is 39.2 Å². The number of halogens is 1. The fourth-order valence-corrected chi connectivity index (χ4v) is 4.62. The monoisotopic (exact) mass is 303 g/mol. The van der Waals surface area contributed by atoms with Gasteiger partial charge >= 0.3 is 0 Å². The van der Waals surface area contributed by atoms with E-state index in [2.05, 4.69) is 29.4 Å². The molecule has 0 radical (unpaired) electrons. The van der Waals surface area contributed by atoms with E-state index in [1.54, 1.807) is 0 Å². The van der Waals surface area contributed by atoms with Gasteiger partial charge in [-0.25, -0.2) is 0 Å². The highest BCUT2D eigenvalue weighted by Gasteiger charge is 2.61. The number of hydrogen-bond donors (Lipinski definition) is 2. The van der Waals surface area contributed by atoms with Gasteiger partial charge in [-0.15, -0.1) is 0 Å². The minimum absolute atomic E-state index is 0.616. The highest BCUT2D eigenvalue weighted by atomic mass is 35.5. The van der Waals surface area contributed by atoms with E-state index in [-0.39, 0.29) is 0 Å². The van der Waals surface area contributed by atoms with Crippen molar-refractivity contribution in [3.8, 4) is 0 Å². The summed E-state index contributed by atoms with van der Waals surface area (Å²) in [6.07, 6.45) is 3.65. The molecule has 2 fully saturated rings. The van der Waals surface area contributed by atoms with Crippen molar-refractivity contribution in [3.63, 3.8) is 0 Å². The van der Waals surface area contributed by atoms with Crippen molar-refractivity contribution in [2.24, 2.45) is 17.3 Å². The molecule has 0 saturated heterocycles. The maximum atomic E-state index is 6.29. The molecule has 2 aliphatic rings. The first-order valence-corrected chi connectivity index (χ1v) is 8.30. The first-order chi connectivity index (χ1) is 10.1. The molecule has 1 aromatic carbocycles. The average molecular weight is 304 g/mol. The Bertz CT molecular complexity index is 662. The molecule has 2 aromatic rings. The Labute approximate surface area is 130 Å². The summed E-state index contributed by atoms with van der Waals surface area (Å²) >= 11 is 6.29. The zero-order valence-electron chi connectivity index (χ0n) is 12.6. The van der Waals surface area contributed by atoms with Crippen molar-refractivity contribution in [1.29, 1.82) is 0 Å². The van der Waals surface area contributed by atoms with Gasteiger partial charge in [0.2, 0.25) is 0 Å². The third-order valence-corrected chi connectivity index (χ3v) is 6.09. The molecule has 1 unspecified atom stereocenters. The smallest absolute Gasteiger partial charge is 0.0938 e. The number of nitrogens with zero attached hydrogens (tertiary/aromatic N) is 1. The second kappa shape index (κ2) is 4.72. The quantitative estimate of drug-likeness (QED) is 0.902. The van der Waals surface area contributed by atoms with E-state index in [4.69, 9.17) is 11.6 Å². The molecule has 4 rings (SSSR count). The van der Waals surface area contributed by atoms with Crippen LogP contribution in [0.2, 0.25) is 5.02 Å². The molecule has 112 valence electrons. The second-order valence-electron chi connectivity index (χ2n) is 7.24. The van der Waals surface area contributed by atoms with Gasteiger partial charge in [-0.1, -0.05) is 31.5 Å². The van der Waals surface area contributed by atoms with Gasteiger partial charge in [0, 0.05) is 30.1 Å². The first kappa shape index (κ1) is 13.6. The summed E-state index contributed by atoms with van der Waals surface area (Å²) in [6.45, 7) is 5.82. The van der Waals surface area contributed by atoms with E-state index in [0.29, 0.717) is 11.5 Å². The summed E-state index contributed by atoms with van der Waals surface area (Å²) in [4.78, 5) is 0. The number of rotatable bonds is 4. The minimum Gasteiger partial charge on any atom is -0.314 e. The largest absolute Gasteiger partial charge is 0.314 e. The Morgan fingerprint density at radius 3 is 2.86 bits per heavy atom. The molecule has 21 heavy (non-hydrogen) atoms. The number of aromatic nitrogens is 2. The standard InChI is InChI=1S/C17H22ClN3/c1-17(2)11-8-10(9-12(11)17)19-7-6-15-16-13(18)4-3-5-14(16)20-21-15/h3-5,10-12,19H,6-9H2,1-2H3,(H,20,21)/t10?,11-,12+. The molecule has 0 amide bonds. The van der Waals surface area contributed by atoms with E-state index in [9.17, 15) is 0 Å². The lowest BCUT2D eigenvalue weighted by Gasteiger charge is -2.18. The van der Waals surface area contributed by atoms with Crippen molar-refractivity contribution >= 4 is 22.5 Å². The molecule has 0 aliphatic heterocycles. The van der Waals surface area contributed by atoms with Crippen LogP contribution in [0.1, 0.15) is 32.4 Å². The van der Waals surface area contributed by atoms with E-state index < -0.39 is 0 Å². The summed E-state index contributed by atoms with van der Waals surface area (Å²) < 4.78 is 0. The van der Waals surface area contributed by atoms with Crippen LogP contribution in [0.4, 0.5) is 0 Å². The topological polar surface area (TPSA) is 40.7 Å². The Kier molecular flexibility index (Phi) is 3.05. The molecular formula is C17H22ClN3. The van der Waals surface area contributed by atoms with Crippen molar-refractivity contribution in [1.82, 2.24) is 15.5 Å². The van der Waals surface area contributed by atoms with Crippen LogP contribution in [-0.4, -0.2) is 22.8 Å². The fraction of sp³-hybridized carbons (Fsp3) is 0.588. The molecule has 1 heterocycles. The predicted molar refractivity (Wildman–Crippen MR) is 86.6 cm³/mol. The highest BCUT2D eigenvalue weighted by molar-refractivity contribution is 6.35. The normalized spacial score (nSPS) is 29.8. The van der Waals surface area contributed by atoms with Crippen molar-refractivity contribution < 1.29 is 0 Å². The lowest BCUT2D eigenvalue weighted by atomic mass is 9.98. The number of fused-ring (bicyclic) bond motifs is 2. The van der Waals surface area contributed by atoms with Crippen LogP contribution >= 0.6 is 11.6 Å². The molecule has 0 bridgehead atoms. The molecular weight excluding hydrogens is 282 g/mol. The number of H-pyrrole nitrogens is 1. The molecule has 3 nitrogen and oxygen atoms in total. The summed E-state index contributed by atoms with van der Waals surface area (Å²) in [5, 5.41) is 13.1. The van der Waals surface area contributed by atoms with Crippen molar-refractivity contribution in [3.05, 3.63) is 28.9 Å². The summed E-state index contributed by atoms with van der Waals surface area (Å²) in [5.74, 6) is 1.91. The molecule has 3 atom stereocenters. The van der Waals surface area contributed by atoms with Crippen LogP contribution in [0, 0.1) is 17.3 Å². The van der Waals surface area contributed by atoms with Crippen LogP contribution in [0.25, 0.3) is 10.9 Å². The summed E-state index contributed by atoms with van der Waals surface area (Å²) in [7, 11) is 0. The van der Waals surface area contributed by atoms with Crippen LogP contribution in [0.3, 0.4) is 0 Å². The number of hydrogen-bond acceptors (Lipinski definition) is 2. The van der Waals surface area contributed by atoms with E-state index in [0.717, 1.165) is 46.4 Å². The summed E-state index contributed by atoms with van der Waals surface area (Å²) in [5.41, 5.74) is 2.72. The number of nitrogens with one attached hydrogen (secondary N) is 2. The number of benzene rings is 1. The van der Waals surface area contributed by atoms with Crippen LogP contribution in [0.5, 0.6) is 0 Å². The van der Waals surface area contributed by atoms with Gasteiger partial charge in [0.15, 0.2) is 0 Å². The van der Waals surface area contributed by atoms with E-state index >= 15 is 0 Å². The Balaban J connectivity index is 1.35. The van der Waals surface area contributed by atoms with Crippen LogP contribution in [-0.2, 0) is 6.42 Å². The van der Waals surface area contributed by atoms with Crippen LogP contribution < -0.4 is 5.32 Å². The van der Waals surface area contributed by atoms with Gasteiger partial charge in [-0.2, -0.15) is 5.10 Å². The highest BCUT2D eigenvalue weighted by Crippen LogP contribution is 2.66. The third-order valence-electron chi connectivity index (χ3n) is 5.78. The Hall–Kier alpha value is -1.06. The SMILES string of the molecule is CC1(C)[C@@H]2CC(NCCc3[nH]nc4cccc(Cl)c34)C[C@@H]21. The van der Waals surface area contributed by atoms with Crippen molar-refractivity contribution in [2.75, 3.05) is 6.54 Å². The van der Waals surface area contributed by atoms with Gasteiger partial charge in [-0.05, 0) is 42.2 Å². The van der Waals surface area contributed by atoms with Gasteiger partial charge in [0.25, 0.3) is 0 Å². The fourth-order valence-electron chi connectivity index (χ4n) is 4.34. The van der Waals surface area contributed by atoms with Gasteiger partial charge in [-0.3, -0.25) is 5.10 Å². The minimum atomic E-state index is 0.616. The zero-order valence-corrected chi connectivity index (χ0v) is 13.4. The second-order valence-corrected chi connectivity index (χ2v) is 7.65.